The molecular weight excluding hydrogens is 248 g/mol. The monoisotopic (exact) mass is 274 g/mol. The van der Waals surface area contributed by atoms with Gasteiger partial charge in [0, 0.05) is 12.0 Å². The van der Waals surface area contributed by atoms with E-state index in [4.69, 9.17) is 5.73 Å². The zero-order valence-corrected chi connectivity index (χ0v) is 12.7. The molecule has 3 nitrogen and oxygen atoms in total. The maximum absolute atomic E-state index is 13.1. The zero-order valence-electron chi connectivity index (χ0n) is 12.7. The third-order valence-electron chi connectivity index (χ3n) is 4.61. The summed E-state index contributed by atoms with van der Waals surface area (Å²) in [7, 11) is 0. The van der Waals surface area contributed by atoms with E-state index >= 15 is 0 Å². The van der Waals surface area contributed by atoms with Crippen molar-refractivity contribution in [3.8, 4) is 0 Å². The smallest absolute Gasteiger partial charge is 0.233 e. The fourth-order valence-electron chi connectivity index (χ4n) is 3.35. The Morgan fingerprint density at radius 2 is 1.90 bits per heavy atom. The predicted octanol–water partition coefficient (Wildman–Crippen LogP) is 3.98. The normalized spacial score (nSPS) is 17.1. The van der Waals surface area contributed by atoms with E-state index in [2.05, 4.69) is 13.8 Å². The number of nitrogens with two attached hydrogens (primary N) is 1. The molecule has 0 bridgehead atoms. The van der Waals surface area contributed by atoms with Crippen molar-refractivity contribution in [2.45, 2.75) is 52.4 Å². The number of benzene rings is 1. The highest BCUT2D eigenvalue weighted by Gasteiger charge is 2.42. The zero-order chi connectivity index (χ0) is 14.6. The van der Waals surface area contributed by atoms with Gasteiger partial charge < -0.3 is 10.6 Å². The number of amides is 1. The first kappa shape index (κ1) is 14.9. The molecule has 1 aliphatic rings. The van der Waals surface area contributed by atoms with Gasteiger partial charge in [-0.1, -0.05) is 38.8 Å². The lowest BCUT2D eigenvalue weighted by molar-refractivity contribution is -0.128. The van der Waals surface area contributed by atoms with Crippen LogP contribution in [0.15, 0.2) is 24.3 Å². The second kappa shape index (κ2) is 6.29. The van der Waals surface area contributed by atoms with E-state index in [1.165, 1.54) is 12.8 Å². The lowest BCUT2D eigenvalue weighted by Crippen LogP contribution is -2.43. The summed E-state index contributed by atoms with van der Waals surface area (Å²) in [6.07, 6.45) is 6.26. The van der Waals surface area contributed by atoms with Crippen LogP contribution in [0, 0.1) is 5.41 Å². The van der Waals surface area contributed by atoms with Crippen LogP contribution in [-0.4, -0.2) is 12.5 Å². The van der Waals surface area contributed by atoms with Gasteiger partial charge in [-0.3, -0.25) is 4.79 Å². The highest BCUT2D eigenvalue weighted by Crippen LogP contribution is 2.43. The minimum atomic E-state index is -0.155. The standard InChI is InChI=1S/C17H26N2O/c1-3-13-19(15-10-6-5-9-14(15)18)16(20)17(4-2)11-7-8-12-17/h5-6,9-10H,3-4,7-8,11-13,18H2,1-2H3. The highest BCUT2D eigenvalue weighted by atomic mass is 16.2. The third kappa shape index (κ3) is 2.67. The lowest BCUT2D eigenvalue weighted by atomic mass is 9.81. The maximum Gasteiger partial charge on any atom is 0.233 e. The molecule has 1 aromatic carbocycles. The van der Waals surface area contributed by atoms with Crippen molar-refractivity contribution in [2.24, 2.45) is 5.41 Å². The number of carbonyl (C=O) groups is 1. The summed E-state index contributed by atoms with van der Waals surface area (Å²) in [6.45, 7) is 4.99. The van der Waals surface area contributed by atoms with Crippen LogP contribution in [0.25, 0.3) is 0 Å². The van der Waals surface area contributed by atoms with Gasteiger partial charge in [-0.05, 0) is 37.8 Å². The van der Waals surface area contributed by atoms with Crippen LogP contribution in [0.3, 0.4) is 0 Å². The Hall–Kier alpha value is -1.51. The van der Waals surface area contributed by atoms with Crippen molar-refractivity contribution in [1.82, 2.24) is 0 Å². The molecule has 0 aromatic heterocycles. The fraction of sp³-hybridized carbons (Fsp3) is 0.588. The van der Waals surface area contributed by atoms with E-state index in [0.717, 1.165) is 37.9 Å². The molecule has 2 N–H and O–H groups in total. The molecule has 0 heterocycles. The van der Waals surface area contributed by atoms with Crippen LogP contribution in [0.2, 0.25) is 0 Å². The van der Waals surface area contributed by atoms with Crippen LogP contribution in [0.4, 0.5) is 11.4 Å². The van der Waals surface area contributed by atoms with Gasteiger partial charge in [-0.2, -0.15) is 0 Å². The van der Waals surface area contributed by atoms with Gasteiger partial charge in [0.25, 0.3) is 0 Å². The van der Waals surface area contributed by atoms with Crippen LogP contribution in [0.1, 0.15) is 52.4 Å². The first-order chi connectivity index (χ1) is 9.64. The first-order valence-corrected chi connectivity index (χ1v) is 7.81. The summed E-state index contributed by atoms with van der Waals surface area (Å²) in [5.74, 6) is 0.275. The van der Waals surface area contributed by atoms with Crippen molar-refractivity contribution in [3.63, 3.8) is 0 Å². The molecule has 0 atom stereocenters. The Labute approximate surface area is 122 Å². The van der Waals surface area contributed by atoms with Crippen LogP contribution in [0.5, 0.6) is 0 Å². The highest BCUT2D eigenvalue weighted by molar-refractivity contribution is 6.00. The van der Waals surface area contributed by atoms with Gasteiger partial charge in [0.05, 0.1) is 11.4 Å². The topological polar surface area (TPSA) is 46.3 Å². The molecule has 1 amide bonds. The number of hydrogen-bond donors (Lipinski definition) is 1. The number of anilines is 2. The molecule has 0 radical (unpaired) electrons. The van der Waals surface area contributed by atoms with Gasteiger partial charge in [0.15, 0.2) is 0 Å². The second-order valence-corrected chi connectivity index (χ2v) is 5.86. The summed E-state index contributed by atoms with van der Waals surface area (Å²) in [5.41, 5.74) is 7.49. The number of para-hydroxylation sites is 2. The molecule has 3 heteroatoms. The maximum atomic E-state index is 13.1. The molecule has 110 valence electrons. The lowest BCUT2D eigenvalue weighted by Gasteiger charge is -2.34. The van der Waals surface area contributed by atoms with Crippen LogP contribution >= 0.6 is 0 Å². The summed E-state index contributed by atoms with van der Waals surface area (Å²) in [6, 6.07) is 7.70. The predicted molar refractivity (Wildman–Crippen MR) is 84.7 cm³/mol. The number of nitrogens with zero attached hydrogens (tertiary/aromatic N) is 1. The molecule has 0 aliphatic heterocycles. The summed E-state index contributed by atoms with van der Waals surface area (Å²) >= 11 is 0. The van der Waals surface area contributed by atoms with E-state index in [9.17, 15) is 4.79 Å². The molecule has 1 aromatic rings. The van der Waals surface area contributed by atoms with Crippen molar-refractivity contribution in [2.75, 3.05) is 17.2 Å². The van der Waals surface area contributed by atoms with E-state index < -0.39 is 0 Å². The van der Waals surface area contributed by atoms with E-state index in [1.54, 1.807) is 0 Å². The second-order valence-electron chi connectivity index (χ2n) is 5.86. The van der Waals surface area contributed by atoms with Gasteiger partial charge >= 0.3 is 0 Å². The Morgan fingerprint density at radius 3 is 2.45 bits per heavy atom. The van der Waals surface area contributed by atoms with Gasteiger partial charge in [-0.25, -0.2) is 0 Å². The van der Waals surface area contributed by atoms with Crippen molar-refractivity contribution >= 4 is 17.3 Å². The molecule has 20 heavy (non-hydrogen) atoms. The molecule has 2 rings (SSSR count). The molecule has 0 unspecified atom stereocenters. The Balaban J connectivity index is 2.33. The Morgan fingerprint density at radius 1 is 1.25 bits per heavy atom. The average Bonchev–Trinajstić information content (AvgIpc) is 2.95. The van der Waals surface area contributed by atoms with Crippen LogP contribution in [-0.2, 0) is 4.79 Å². The molecule has 1 aliphatic carbocycles. The quantitative estimate of drug-likeness (QED) is 0.825. The Kier molecular flexibility index (Phi) is 4.69. The number of hydrogen-bond acceptors (Lipinski definition) is 2. The minimum absolute atomic E-state index is 0.155. The number of carbonyl (C=O) groups excluding carboxylic acids is 1. The number of nitrogen functional groups attached to an aromatic ring is 1. The van der Waals surface area contributed by atoms with Crippen LogP contribution < -0.4 is 10.6 Å². The van der Waals surface area contributed by atoms with E-state index in [0.29, 0.717) is 5.69 Å². The van der Waals surface area contributed by atoms with E-state index in [1.807, 2.05) is 29.2 Å². The van der Waals surface area contributed by atoms with Gasteiger partial charge in [-0.15, -0.1) is 0 Å². The molecule has 1 saturated carbocycles. The SMILES string of the molecule is CCCN(C(=O)C1(CC)CCCC1)c1ccccc1N. The fourth-order valence-corrected chi connectivity index (χ4v) is 3.35. The average molecular weight is 274 g/mol. The molecular formula is C17H26N2O. The molecule has 0 spiro atoms. The van der Waals surface area contributed by atoms with E-state index in [-0.39, 0.29) is 11.3 Å². The summed E-state index contributed by atoms with van der Waals surface area (Å²) < 4.78 is 0. The largest absolute Gasteiger partial charge is 0.397 e. The van der Waals surface area contributed by atoms with Crippen molar-refractivity contribution in [1.29, 1.82) is 0 Å². The van der Waals surface area contributed by atoms with Gasteiger partial charge in [0.1, 0.15) is 0 Å². The molecule has 0 saturated heterocycles. The third-order valence-corrected chi connectivity index (χ3v) is 4.61. The first-order valence-electron chi connectivity index (χ1n) is 7.81. The Bertz CT molecular complexity index is 464. The van der Waals surface area contributed by atoms with Crippen molar-refractivity contribution < 1.29 is 4.79 Å². The summed E-state index contributed by atoms with van der Waals surface area (Å²) in [5, 5.41) is 0. The van der Waals surface area contributed by atoms with Crippen molar-refractivity contribution in [3.05, 3.63) is 24.3 Å². The number of rotatable bonds is 5. The molecule has 1 fully saturated rings. The minimum Gasteiger partial charge on any atom is -0.397 e. The van der Waals surface area contributed by atoms with Gasteiger partial charge in [0.2, 0.25) is 5.91 Å². The summed E-state index contributed by atoms with van der Waals surface area (Å²) in [4.78, 5) is 15.0.